The van der Waals surface area contributed by atoms with Gasteiger partial charge in [-0.15, -0.1) is 0 Å². The van der Waals surface area contributed by atoms with Crippen LogP contribution in [0.2, 0.25) is 0 Å². The van der Waals surface area contributed by atoms with Gasteiger partial charge in [0.15, 0.2) is 0 Å². The van der Waals surface area contributed by atoms with Crippen molar-refractivity contribution in [2.75, 3.05) is 25.4 Å². The summed E-state index contributed by atoms with van der Waals surface area (Å²) in [6.07, 6.45) is 0.840. The summed E-state index contributed by atoms with van der Waals surface area (Å²) in [6, 6.07) is 4.14. The van der Waals surface area contributed by atoms with E-state index in [0.717, 1.165) is 6.42 Å². The number of nitrogens with zero attached hydrogens (tertiary/aromatic N) is 2. The van der Waals surface area contributed by atoms with Crippen molar-refractivity contribution in [1.29, 1.82) is 0 Å². The first-order valence-corrected chi connectivity index (χ1v) is 6.39. The number of amides is 1. The first-order chi connectivity index (χ1) is 9.36. The minimum absolute atomic E-state index is 0.0553. The summed E-state index contributed by atoms with van der Waals surface area (Å²) in [5.74, 6) is -0.217. The summed E-state index contributed by atoms with van der Waals surface area (Å²) in [7, 11) is 0. The van der Waals surface area contributed by atoms with Gasteiger partial charge in [-0.1, -0.05) is 6.92 Å². The lowest BCUT2D eigenvalue weighted by Gasteiger charge is -2.22. The van der Waals surface area contributed by atoms with Crippen molar-refractivity contribution in [2.24, 2.45) is 11.1 Å². The Bertz CT molecular complexity index is 561. The topological polar surface area (TPSA) is 115 Å². The highest BCUT2D eigenvalue weighted by molar-refractivity contribution is 5.95. The largest absolute Gasteiger partial charge is 0.393 e. The first kappa shape index (κ1) is 14.3. The molecule has 108 valence electrons. The zero-order valence-corrected chi connectivity index (χ0v) is 11.3. The van der Waals surface area contributed by atoms with Crippen molar-refractivity contribution >= 4 is 17.3 Å². The summed E-state index contributed by atoms with van der Waals surface area (Å²) in [5, 5.41) is 10.9. The van der Waals surface area contributed by atoms with Crippen LogP contribution in [-0.4, -0.2) is 35.4 Å². The molecule has 0 bridgehead atoms. The highest BCUT2D eigenvalue weighted by Crippen LogP contribution is 2.30. The molecule has 2 rings (SSSR count). The van der Waals surface area contributed by atoms with Gasteiger partial charge >= 0.3 is 0 Å². The number of nitrogens with two attached hydrogens (primary N) is 2. The molecule has 1 aliphatic rings. The van der Waals surface area contributed by atoms with Gasteiger partial charge in [-0.05, 0) is 30.5 Å². The highest BCUT2D eigenvalue weighted by atomic mass is 16.6. The van der Waals surface area contributed by atoms with Crippen molar-refractivity contribution < 1.29 is 9.72 Å². The number of hydrogen-bond donors (Lipinski definition) is 2. The smallest absolute Gasteiger partial charge is 0.292 e. The van der Waals surface area contributed by atoms with E-state index in [1.165, 1.54) is 18.2 Å². The molecule has 7 heteroatoms. The Balaban J connectivity index is 2.23. The Morgan fingerprint density at radius 1 is 1.55 bits per heavy atom. The minimum Gasteiger partial charge on any atom is -0.393 e. The molecule has 20 heavy (non-hydrogen) atoms. The predicted molar refractivity (Wildman–Crippen MR) is 75.2 cm³/mol. The number of carbonyl (C=O) groups excluding carboxylic acids is 1. The standard InChI is InChI=1S/C13H18N4O3/c1-13(7-14)4-5-16(8-13)12(18)9-2-3-10(15)11(6-9)17(19)20/h2-3,6H,4-5,7-8,14-15H2,1H3. The fraction of sp³-hybridized carbons (Fsp3) is 0.462. The van der Waals surface area contributed by atoms with E-state index in [1.807, 2.05) is 6.92 Å². The zero-order valence-electron chi connectivity index (χ0n) is 11.3. The maximum Gasteiger partial charge on any atom is 0.292 e. The van der Waals surface area contributed by atoms with Gasteiger partial charge in [-0.25, -0.2) is 0 Å². The number of anilines is 1. The SMILES string of the molecule is CC1(CN)CCN(C(=O)c2ccc(N)c([N+](=O)[O-])c2)C1. The van der Waals surface area contributed by atoms with Crippen LogP contribution in [0, 0.1) is 15.5 Å². The van der Waals surface area contributed by atoms with Crippen LogP contribution >= 0.6 is 0 Å². The van der Waals surface area contributed by atoms with E-state index in [9.17, 15) is 14.9 Å². The molecule has 1 heterocycles. The summed E-state index contributed by atoms with van der Waals surface area (Å²) in [6.45, 7) is 3.73. The van der Waals surface area contributed by atoms with E-state index in [-0.39, 0.29) is 28.3 Å². The average molecular weight is 278 g/mol. The third-order valence-corrected chi connectivity index (χ3v) is 3.81. The Labute approximate surface area is 116 Å². The van der Waals surface area contributed by atoms with Crippen LogP contribution < -0.4 is 11.5 Å². The maximum absolute atomic E-state index is 12.4. The number of benzene rings is 1. The van der Waals surface area contributed by atoms with E-state index in [0.29, 0.717) is 19.6 Å². The molecule has 1 amide bonds. The molecule has 1 unspecified atom stereocenters. The average Bonchev–Trinajstić information content (AvgIpc) is 2.81. The van der Waals surface area contributed by atoms with Gasteiger partial charge in [0.05, 0.1) is 4.92 Å². The van der Waals surface area contributed by atoms with Crippen LogP contribution in [0.4, 0.5) is 11.4 Å². The highest BCUT2D eigenvalue weighted by Gasteiger charge is 2.35. The van der Waals surface area contributed by atoms with E-state index < -0.39 is 4.92 Å². The van der Waals surface area contributed by atoms with Gasteiger partial charge in [0.25, 0.3) is 11.6 Å². The second-order valence-corrected chi connectivity index (χ2v) is 5.52. The van der Waals surface area contributed by atoms with E-state index in [1.54, 1.807) is 4.90 Å². The lowest BCUT2D eigenvalue weighted by molar-refractivity contribution is -0.383. The molecule has 1 saturated heterocycles. The molecule has 4 N–H and O–H groups in total. The fourth-order valence-corrected chi connectivity index (χ4v) is 2.38. The molecule has 7 nitrogen and oxygen atoms in total. The molecule has 0 saturated carbocycles. The first-order valence-electron chi connectivity index (χ1n) is 6.39. The van der Waals surface area contributed by atoms with Crippen LogP contribution in [0.3, 0.4) is 0 Å². The lowest BCUT2D eigenvalue weighted by atomic mass is 9.90. The molecule has 1 fully saturated rings. The number of rotatable bonds is 3. The van der Waals surface area contributed by atoms with Crippen LogP contribution in [-0.2, 0) is 0 Å². The molecule has 0 radical (unpaired) electrons. The van der Waals surface area contributed by atoms with Crippen molar-refractivity contribution in [2.45, 2.75) is 13.3 Å². The van der Waals surface area contributed by atoms with Crippen LogP contribution in [0.15, 0.2) is 18.2 Å². The second kappa shape index (κ2) is 5.09. The molecule has 0 aliphatic carbocycles. The second-order valence-electron chi connectivity index (χ2n) is 5.52. The molecule has 0 aromatic heterocycles. The third kappa shape index (κ3) is 2.57. The van der Waals surface area contributed by atoms with E-state index >= 15 is 0 Å². The van der Waals surface area contributed by atoms with Crippen LogP contribution in [0.5, 0.6) is 0 Å². The van der Waals surface area contributed by atoms with E-state index in [4.69, 9.17) is 11.5 Å². The van der Waals surface area contributed by atoms with E-state index in [2.05, 4.69) is 0 Å². The van der Waals surface area contributed by atoms with Gasteiger partial charge in [0, 0.05) is 24.7 Å². The van der Waals surface area contributed by atoms with Crippen LogP contribution in [0.25, 0.3) is 0 Å². The predicted octanol–water partition coefficient (Wildman–Crippen LogP) is 0.988. The van der Waals surface area contributed by atoms with Gasteiger partial charge in [-0.3, -0.25) is 14.9 Å². The van der Waals surface area contributed by atoms with Crippen molar-refractivity contribution in [1.82, 2.24) is 4.90 Å². The van der Waals surface area contributed by atoms with Crippen molar-refractivity contribution in [3.05, 3.63) is 33.9 Å². The molecular weight excluding hydrogens is 260 g/mol. The van der Waals surface area contributed by atoms with Gasteiger partial charge in [-0.2, -0.15) is 0 Å². The Hall–Kier alpha value is -2.15. The van der Waals surface area contributed by atoms with Crippen LogP contribution in [0.1, 0.15) is 23.7 Å². The zero-order chi connectivity index (χ0) is 14.9. The molecular formula is C13H18N4O3. The monoisotopic (exact) mass is 278 g/mol. The minimum atomic E-state index is -0.583. The number of nitro benzene ring substituents is 1. The lowest BCUT2D eigenvalue weighted by Crippen LogP contribution is -2.34. The quantitative estimate of drug-likeness (QED) is 0.486. The third-order valence-electron chi connectivity index (χ3n) is 3.81. The number of likely N-dealkylation sites (tertiary alicyclic amines) is 1. The number of nitrogen functional groups attached to an aromatic ring is 1. The number of carbonyl (C=O) groups is 1. The Kier molecular flexibility index (Phi) is 3.63. The number of hydrogen-bond acceptors (Lipinski definition) is 5. The summed E-state index contributed by atoms with van der Waals surface area (Å²) < 4.78 is 0. The summed E-state index contributed by atoms with van der Waals surface area (Å²) in [5.41, 5.74) is 11.3. The van der Waals surface area contributed by atoms with Crippen molar-refractivity contribution in [3.63, 3.8) is 0 Å². The van der Waals surface area contributed by atoms with Gasteiger partial charge in [0.1, 0.15) is 5.69 Å². The molecule has 1 aromatic rings. The Morgan fingerprint density at radius 3 is 2.80 bits per heavy atom. The Morgan fingerprint density at radius 2 is 2.25 bits per heavy atom. The fourth-order valence-electron chi connectivity index (χ4n) is 2.38. The number of nitro groups is 1. The molecule has 1 aromatic carbocycles. The summed E-state index contributed by atoms with van der Waals surface area (Å²) >= 11 is 0. The molecule has 1 aliphatic heterocycles. The van der Waals surface area contributed by atoms with Crippen molar-refractivity contribution in [3.8, 4) is 0 Å². The van der Waals surface area contributed by atoms with Gasteiger partial charge in [0.2, 0.25) is 0 Å². The normalized spacial score (nSPS) is 22.0. The van der Waals surface area contributed by atoms with Gasteiger partial charge < -0.3 is 16.4 Å². The summed E-state index contributed by atoms with van der Waals surface area (Å²) in [4.78, 5) is 24.3. The maximum atomic E-state index is 12.4. The molecule has 0 spiro atoms. The molecule has 1 atom stereocenters.